The zero-order valence-corrected chi connectivity index (χ0v) is 20.1. The second-order valence-electron chi connectivity index (χ2n) is 9.25. The Labute approximate surface area is 207 Å². The quantitative estimate of drug-likeness (QED) is 0.405. The fourth-order valence-electron chi connectivity index (χ4n) is 4.29. The lowest BCUT2D eigenvalue weighted by Gasteiger charge is -2.29. The van der Waals surface area contributed by atoms with Gasteiger partial charge >= 0.3 is 6.18 Å². The van der Waals surface area contributed by atoms with Crippen molar-refractivity contribution in [1.29, 1.82) is 0 Å². The first kappa shape index (κ1) is 25.2. The molecular weight excluding hydrogens is 469 g/mol. The molecule has 3 aromatic rings. The lowest BCUT2D eigenvalue weighted by atomic mass is 9.85. The number of nitrogens with zero attached hydrogens (tertiary/aromatic N) is 1. The van der Waals surface area contributed by atoms with Crippen molar-refractivity contribution in [2.24, 2.45) is 4.99 Å². The molecule has 0 radical (unpaired) electrons. The highest BCUT2D eigenvalue weighted by Gasteiger charge is 2.35. The minimum absolute atomic E-state index is 0.0776. The molecule has 0 fully saturated rings. The van der Waals surface area contributed by atoms with Crippen molar-refractivity contribution in [1.82, 2.24) is 0 Å². The number of methoxy groups -OCH3 is 1. The Morgan fingerprint density at radius 2 is 1.72 bits per heavy atom. The van der Waals surface area contributed by atoms with Gasteiger partial charge in [-0.15, -0.1) is 0 Å². The van der Waals surface area contributed by atoms with Gasteiger partial charge in [-0.3, -0.25) is 14.6 Å². The van der Waals surface area contributed by atoms with Crippen molar-refractivity contribution in [3.05, 3.63) is 94.5 Å². The molecule has 186 valence electrons. The molecule has 3 aromatic carbocycles. The van der Waals surface area contributed by atoms with Gasteiger partial charge in [0.2, 0.25) is 0 Å². The van der Waals surface area contributed by atoms with Crippen molar-refractivity contribution in [3.63, 3.8) is 0 Å². The number of rotatable bonds is 6. The number of ketones is 1. The van der Waals surface area contributed by atoms with Gasteiger partial charge in [0, 0.05) is 16.8 Å². The maximum Gasteiger partial charge on any atom is 0.417 e. The number of halogens is 3. The highest BCUT2D eigenvalue weighted by Crippen LogP contribution is 2.33. The van der Waals surface area contributed by atoms with Crippen molar-refractivity contribution in [2.45, 2.75) is 38.4 Å². The number of nitrogens with one attached hydrogen (secondary N) is 1. The second kappa shape index (κ2) is 9.60. The number of carbonyl (C=O) groups excluding carboxylic acids is 2. The largest absolute Gasteiger partial charge is 0.497 e. The molecule has 0 saturated carbocycles. The van der Waals surface area contributed by atoms with Gasteiger partial charge in [-0.2, -0.15) is 13.2 Å². The Balaban J connectivity index is 1.51. The maximum absolute atomic E-state index is 13.2. The summed E-state index contributed by atoms with van der Waals surface area (Å²) >= 11 is 0. The van der Waals surface area contributed by atoms with Crippen LogP contribution in [0.1, 0.15) is 57.7 Å². The summed E-state index contributed by atoms with van der Waals surface area (Å²) in [5, 5.41) is 2.47. The predicted octanol–water partition coefficient (Wildman–Crippen LogP) is 6.36. The van der Waals surface area contributed by atoms with Crippen molar-refractivity contribution < 1.29 is 27.5 Å². The van der Waals surface area contributed by atoms with Gasteiger partial charge in [0.15, 0.2) is 5.78 Å². The lowest BCUT2D eigenvalue weighted by molar-refractivity contribution is -0.137. The van der Waals surface area contributed by atoms with Crippen LogP contribution in [0.25, 0.3) is 0 Å². The summed E-state index contributed by atoms with van der Waals surface area (Å²) in [4.78, 5) is 30.4. The van der Waals surface area contributed by atoms with Crippen molar-refractivity contribution in [2.75, 3.05) is 12.4 Å². The molecule has 0 spiro atoms. The van der Waals surface area contributed by atoms with Gasteiger partial charge in [0.1, 0.15) is 5.75 Å². The number of Topliss-reactive ketones (excluding diaryl/α,β-unsaturated/α-hetero) is 1. The maximum atomic E-state index is 13.2. The molecule has 8 heteroatoms. The van der Waals surface area contributed by atoms with Crippen molar-refractivity contribution >= 4 is 23.1 Å². The van der Waals surface area contributed by atoms with E-state index >= 15 is 0 Å². The SMILES string of the molecule is COc1ccc2c(c1)C(CC(=O)c1ccc(NC(=O)c3ccccc3C(F)(F)F)cc1)=NC(C)(C)C2. The first-order valence-corrected chi connectivity index (χ1v) is 11.3. The summed E-state index contributed by atoms with van der Waals surface area (Å²) in [6.45, 7) is 4.03. The predicted molar refractivity (Wildman–Crippen MR) is 132 cm³/mol. The number of anilines is 1. The fraction of sp³-hybridized carbons (Fsp3) is 0.250. The van der Waals surface area contributed by atoms with Crippen LogP contribution in [-0.2, 0) is 12.6 Å². The van der Waals surface area contributed by atoms with E-state index in [0.717, 1.165) is 29.7 Å². The molecule has 0 aliphatic carbocycles. The van der Waals surface area contributed by atoms with Crippen LogP contribution in [0.4, 0.5) is 18.9 Å². The molecule has 1 heterocycles. The van der Waals surface area contributed by atoms with Gasteiger partial charge in [0.05, 0.1) is 35.9 Å². The third kappa shape index (κ3) is 5.48. The number of carbonyl (C=O) groups is 2. The van der Waals surface area contributed by atoms with Gasteiger partial charge in [0.25, 0.3) is 5.91 Å². The third-order valence-corrected chi connectivity index (χ3v) is 5.96. The molecule has 36 heavy (non-hydrogen) atoms. The minimum Gasteiger partial charge on any atom is -0.497 e. The van der Waals surface area contributed by atoms with Crippen LogP contribution >= 0.6 is 0 Å². The Morgan fingerprint density at radius 3 is 2.39 bits per heavy atom. The normalized spacial score (nSPS) is 14.4. The zero-order chi connectivity index (χ0) is 26.1. The molecule has 0 saturated heterocycles. The van der Waals surface area contributed by atoms with E-state index in [0.29, 0.717) is 17.0 Å². The number of fused-ring (bicyclic) bond motifs is 1. The molecule has 5 nitrogen and oxygen atoms in total. The number of hydrogen-bond donors (Lipinski definition) is 1. The number of benzene rings is 3. The fourth-order valence-corrected chi connectivity index (χ4v) is 4.29. The molecule has 0 bridgehead atoms. The van der Waals surface area contributed by atoms with E-state index in [2.05, 4.69) is 5.32 Å². The van der Waals surface area contributed by atoms with Crippen LogP contribution < -0.4 is 10.1 Å². The van der Waals surface area contributed by atoms with E-state index < -0.39 is 23.2 Å². The molecule has 1 N–H and O–H groups in total. The van der Waals surface area contributed by atoms with Gasteiger partial charge in [-0.25, -0.2) is 0 Å². The van der Waals surface area contributed by atoms with Crippen LogP contribution in [0.3, 0.4) is 0 Å². The Kier molecular flexibility index (Phi) is 6.71. The molecule has 0 atom stereocenters. The van der Waals surface area contributed by atoms with Crippen LogP contribution in [0, 0.1) is 0 Å². The Hall–Kier alpha value is -3.94. The molecule has 0 aromatic heterocycles. The Morgan fingerprint density at radius 1 is 1.03 bits per heavy atom. The molecular formula is C28H25F3N2O3. The third-order valence-electron chi connectivity index (χ3n) is 5.96. The average molecular weight is 495 g/mol. The topological polar surface area (TPSA) is 67.8 Å². The first-order valence-electron chi connectivity index (χ1n) is 11.3. The van der Waals surface area contributed by atoms with Gasteiger partial charge in [-0.05, 0) is 74.4 Å². The number of ether oxygens (including phenoxy) is 1. The van der Waals surface area contributed by atoms with E-state index in [1.165, 1.54) is 36.4 Å². The van der Waals surface area contributed by atoms with Gasteiger partial charge < -0.3 is 10.1 Å². The molecule has 4 rings (SSSR count). The summed E-state index contributed by atoms with van der Waals surface area (Å²) in [7, 11) is 1.58. The van der Waals surface area contributed by atoms with E-state index in [9.17, 15) is 22.8 Å². The number of alkyl halides is 3. The number of aliphatic imine (C=N–C) groups is 1. The summed E-state index contributed by atoms with van der Waals surface area (Å²) in [5.74, 6) is -0.368. The van der Waals surface area contributed by atoms with Crippen LogP contribution in [0.5, 0.6) is 5.75 Å². The smallest absolute Gasteiger partial charge is 0.417 e. The molecule has 1 amide bonds. The highest BCUT2D eigenvalue weighted by atomic mass is 19.4. The molecule has 1 aliphatic rings. The van der Waals surface area contributed by atoms with E-state index in [-0.39, 0.29) is 23.4 Å². The molecule has 1 aliphatic heterocycles. The number of amides is 1. The van der Waals surface area contributed by atoms with E-state index in [1.807, 2.05) is 32.0 Å². The van der Waals surface area contributed by atoms with Crippen LogP contribution in [0.2, 0.25) is 0 Å². The second-order valence-corrected chi connectivity index (χ2v) is 9.25. The van der Waals surface area contributed by atoms with Crippen LogP contribution in [0.15, 0.2) is 71.7 Å². The lowest BCUT2D eigenvalue weighted by Crippen LogP contribution is -2.30. The Bertz CT molecular complexity index is 1340. The van der Waals surface area contributed by atoms with Crippen molar-refractivity contribution in [3.8, 4) is 5.75 Å². The minimum atomic E-state index is -4.65. The molecule has 0 unspecified atom stereocenters. The number of hydrogen-bond acceptors (Lipinski definition) is 4. The summed E-state index contributed by atoms with van der Waals surface area (Å²) in [6, 6.07) is 16.4. The van der Waals surface area contributed by atoms with Gasteiger partial charge in [-0.1, -0.05) is 18.2 Å². The standard InChI is InChI=1S/C28H25F3N2O3/c1-27(2)16-18-10-13-20(36-3)14-22(18)24(33-27)15-25(34)17-8-11-19(12-9-17)32-26(35)21-6-4-5-7-23(21)28(29,30)31/h4-14H,15-16H2,1-3H3,(H,32,35). The average Bonchev–Trinajstić information content (AvgIpc) is 2.83. The monoisotopic (exact) mass is 494 g/mol. The van der Waals surface area contributed by atoms with E-state index in [1.54, 1.807) is 7.11 Å². The van der Waals surface area contributed by atoms with Crippen LogP contribution in [-0.4, -0.2) is 30.1 Å². The first-order chi connectivity index (χ1) is 17.0. The highest BCUT2D eigenvalue weighted by molar-refractivity contribution is 6.17. The summed E-state index contributed by atoms with van der Waals surface area (Å²) in [5.41, 5.74) is 1.49. The zero-order valence-electron chi connectivity index (χ0n) is 20.1. The summed E-state index contributed by atoms with van der Waals surface area (Å²) < 4.78 is 45.0. The summed E-state index contributed by atoms with van der Waals surface area (Å²) in [6.07, 6.45) is -3.83. The van der Waals surface area contributed by atoms with E-state index in [4.69, 9.17) is 9.73 Å².